The van der Waals surface area contributed by atoms with Crippen molar-refractivity contribution in [3.63, 3.8) is 0 Å². The number of alkyl halides is 3. The Labute approximate surface area is 154 Å². The van der Waals surface area contributed by atoms with Gasteiger partial charge in [0.2, 0.25) is 5.91 Å². The van der Waals surface area contributed by atoms with Crippen LogP contribution in [0.2, 0.25) is 0 Å². The summed E-state index contributed by atoms with van der Waals surface area (Å²) in [5.41, 5.74) is 2.25. The van der Waals surface area contributed by atoms with E-state index in [0.717, 1.165) is 23.3 Å². The number of halogens is 3. The molecule has 0 aliphatic rings. The van der Waals surface area contributed by atoms with Crippen LogP contribution in [-0.2, 0) is 11.0 Å². The van der Waals surface area contributed by atoms with Gasteiger partial charge in [0.05, 0.1) is 12.1 Å². The third-order valence-electron chi connectivity index (χ3n) is 3.95. The number of hydrogen-bond donors (Lipinski definition) is 2. The van der Waals surface area contributed by atoms with Gasteiger partial charge in [-0.2, -0.15) is 13.2 Å². The normalized spacial score (nSPS) is 11.1. The zero-order valence-corrected chi connectivity index (χ0v) is 14.3. The van der Waals surface area contributed by atoms with Gasteiger partial charge in [0.1, 0.15) is 0 Å². The Balaban J connectivity index is 1.64. The largest absolute Gasteiger partial charge is 0.416 e. The Bertz CT molecular complexity index is 907. The highest BCUT2D eigenvalue weighted by Crippen LogP contribution is 2.30. The van der Waals surface area contributed by atoms with Crippen molar-refractivity contribution in [1.29, 1.82) is 0 Å². The molecule has 0 fully saturated rings. The molecule has 6 heteroatoms. The molecule has 27 heavy (non-hydrogen) atoms. The topological polar surface area (TPSA) is 41.1 Å². The van der Waals surface area contributed by atoms with Crippen LogP contribution in [0.25, 0.3) is 11.1 Å². The fraction of sp³-hybridized carbons (Fsp3) is 0.0952. The van der Waals surface area contributed by atoms with E-state index in [4.69, 9.17) is 0 Å². The van der Waals surface area contributed by atoms with E-state index in [1.807, 2.05) is 48.5 Å². The van der Waals surface area contributed by atoms with E-state index < -0.39 is 11.7 Å². The Hall–Kier alpha value is -3.28. The highest BCUT2D eigenvalue weighted by Gasteiger charge is 2.29. The quantitative estimate of drug-likeness (QED) is 0.629. The standard InChI is InChI=1S/C21H17F3N2O/c22-21(23,24)16-10-12-17(13-11-16)25-14-20(27)26-19-9-5-4-8-18(19)15-6-2-1-3-7-15/h1-13,25H,14H2,(H,26,27). The number of amides is 1. The first kappa shape index (κ1) is 18.5. The number of rotatable bonds is 5. The molecule has 0 spiro atoms. The minimum atomic E-state index is -4.38. The second kappa shape index (κ2) is 7.95. The summed E-state index contributed by atoms with van der Waals surface area (Å²) in [4.78, 5) is 12.2. The van der Waals surface area contributed by atoms with Gasteiger partial charge in [0.15, 0.2) is 0 Å². The molecule has 138 valence electrons. The van der Waals surface area contributed by atoms with Gasteiger partial charge in [-0.25, -0.2) is 0 Å². The second-order valence-corrected chi connectivity index (χ2v) is 5.89. The Kier molecular flexibility index (Phi) is 5.45. The molecule has 3 aromatic rings. The lowest BCUT2D eigenvalue weighted by Gasteiger charge is -2.13. The molecule has 1 amide bonds. The number of nitrogens with one attached hydrogen (secondary N) is 2. The third kappa shape index (κ3) is 4.88. The minimum Gasteiger partial charge on any atom is -0.376 e. The molecule has 0 unspecified atom stereocenters. The molecule has 0 bridgehead atoms. The SMILES string of the molecule is O=C(CNc1ccc(C(F)(F)F)cc1)Nc1ccccc1-c1ccccc1. The number of hydrogen-bond acceptors (Lipinski definition) is 2. The van der Waals surface area contributed by atoms with E-state index in [0.29, 0.717) is 11.4 Å². The van der Waals surface area contributed by atoms with Crippen LogP contribution >= 0.6 is 0 Å². The molecular formula is C21H17F3N2O. The molecule has 3 nitrogen and oxygen atoms in total. The summed E-state index contributed by atoms with van der Waals surface area (Å²) in [5, 5.41) is 5.66. The number of para-hydroxylation sites is 1. The number of carbonyl (C=O) groups excluding carboxylic acids is 1. The summed E-state index contributed by atoms with van der Waals surface area (Å²) in [6.45, 7) is -0.0610. The predicted molar refractivity (Wildman–Crippen MR) is 100 cm³/mol. The second-order valence-electron chi connectivity index (χ2n) is 5.89. The lowest BCUT2D eigenvalue weighted by Crippen LogP contribution is -2.22. The van der Waals surface area contributed by atoms with Crippen molar-refractivity contribution < 1.29 is 18.0 Å². The van der Waals surface area contributed by atoms with Crippen LogP contribution in [0.4, 0.5) is 24.5 Å². The highest BCUT2D eigenvalue weighted by atomic mass is 19.4. The molecular weight excluding hydrogens is 353 g/mol. The van der Waals surface area contributed by atoms with Crippen molar-refractivity contribution in [2.24, 2.45) is 0 Å². The van der Waals surface area contributed by atoms with Gasteiger partial charge in [0.25, 0.3) is 0 Å². The van der Waals surface area contributed by atoms with E-state index in [9.17, 15) is 18.0 Å². The van der Waals surface area contributed by atoms with Crippen LogP contribution in [0.3, 0.4) is 0 Å². The van der Waals surface area contributed by atoms with Crippen molar-refractivity contribution in [3.05, 3.63) is 84.4 Å². The number of benzene rings is 3. The van der Waals surface area contributed by atoms with Crippen molar-refractivity contribution in [2.45, 2.75) is 6.18 Å². The maximum absolute atomic E-state index is 12.6. The summed E-state index contributed by atoms with van der Waals surface area (Å²) < 4.78 is 37.7. The van der Waals surface area contributed by atoms with E-state index in [2.05, 4.69) is 10.6 Å². The Morgan fingerprint density at radius 2 is 1.44 bits per heavy atom. The van der Waals surface area contributed by atoms with E-state index in [1.54, 1.807) is 6.07 Å². The zero-order valence-electron chi connectivity index (χ0n) is 14.3. The molecule has 0 saturated carbocycles. The fourth-order valence-electron chi connectivity index (χ4n) is 2.62. The zero-order chi connectivity index (χ0) is 19.3. The predicted octanol–water partition coefficient (Wildman–Crippen LogP) is 5.42. The van der Waals surface area contributed by atoms with Crippen LogP contribution in [0, 0.1) is 0 Å². The highest BCUT2D eigenvalue weighted by molar-refractivity contribution is 5.97. The van der Waals surface area contributed by atoms with Crippen LogP contribution in [0.15, 0.2) is 78.9 Å². The smallest absolute Gasteiger partial charge is 0.376 e. The molecule has 0 aliphatic heterocycles. The molecule has 0 aliphatic carbocycles. The average molecular weight is 370 g/mol. The first-order chi connectivity index (χ1) is 12.9. The Morgan fingerprint density at radius 3 is 2.11 bits per heavy atom. The third-order valence-corrected chi connectivity index (χ3v) is 3.95. The van der Waals surface area contributed by atoms with Gasteiger partial charge in [0, 0.05) is 16.9 Å². The van der Waals surface area contributed by atoms with Gasteiger partial charge in [-0.05, 0) is 35.9 Å². The lowest BCUT2D eigenvalue weighted by molar-refractivity contribution is -0.137. The minimum absolute atomic E-state index is 0.0610. The molecule has 2 N–H and O–H groups in total. The first-order valence-electron chi connectivity index (χ1n) is 8.29. The maximum Gasteiger partial charge on any atom is 0.416 e. The van der Waals surface area contributed by atoms with Gasteiger partial charge < -0.3 is 10.6 Å². The van der Waals surface area contributed by atoms with Crippen molar-refractivity contribution in [1.82, 2.24) is 0 Å². The van der Waals surface area contributed by atoms with Crippen LogP contribution in [-0.4, -0.2) is 12.5 Å². The van der Waals surface area contributed by atoms with Gasteiger partial charge >= 0.3 is 6.18 Å². The van der Waals surface area contributed by atoms with E-state index in [1.165, 1.54) is 12.1 Å². The average Bonchev–Trinajstić information content (AvgIpc) is 2.67. The number of carbonyl (C=O) groups is 1. The number of anilines is 2. The molecule has 0 heterocycles. The molecule has 0 saturated heterocycles. The van der Waals surface area contributed by atoms with Gasteiger partial charge in [-0.1, -0.05) is 48.5 Å². The molecule has 0 radical (unpaired) electrons. The lowest BCUT2D eigenvalue weighted by atomic mass is 10.0. The maximum atomic E-state index is 12.6. The summed E-state index contributed by atoms with van der Waals surface area (Å²) in [6.07, 6.45) is -4.38. The molecule has 0 aromatic heterocycles. The summed E-state index contributed by atoms with van der Waals surface area (Å²) in [7, 11) is 0. The molecule has 3 aromatic carbocycles. The van der Waals surface area contributed by atoms with Crippen LogP contribution in [0.5, 0.6) is 0 Å². The molecule has 0 atom stereocenters. The van der Waals surface area contributed by atoms with Gasteiger partial charge in [-0.15, -0.1) is 0 Å². The monoisotopic (exact) mass is 370 g/mol. The Morgan fingerprint density at radius 1 is 0.815 bits per heavy atom. The van der Waals surface area contributed by atoms with Crippen LogP contribution in [0.1, 0.15) is 5.56 Å². The van der Waals surface area contributed by atoms with Crippen LogP contribution < -0.4 is 10.6 Å². The van der Waals surface area contributed by atoms with Crippen molar-refractivity contribution >= 4 is 17.3 Å². The van der Waals surface area contributed by atoms with Crippen molar-refractivity contribution in [2.75, 3.05) is 17.2 Å². The van der Waals surface area contributed by atoms with Gasteiger partial charge in [-0.3, -0.25) is 4.79 Å². The fourth-order valence-corrected chi connectivity index (χ4v) is 2.62. The summed E-state index contributed by atoms with van der Waals surface area (Å²) in [5.74, 6) is -0.293. The first-order valence-corrected chi connectivity index (χ1v) is 8.29. The van der Waals surface area contributed by atoms with E-state index in [-0.39, 0.29) is 12.5 Å². The molecule has 3 rings (SSSR count). The van der Waals surface area contributed by atoms with Crippen molar-refractivity contribution in [3.8, 4) is 11.1 Å². The van der Waals surface area contributed by atoms with E-state index >= 15 is 0 Å². The summed E-state index contributed by atoms with van der Waals surface area (Å²) >= 11 is 0. The summed E-state index contributed by atoms with van der Waals surface area (Å²) in [6, 6.07) is 21.6.